The summed E-state index contributed by atoms with van der Waals surface area (Å²) in [5, 5.41) is 27.4. The van der Waals surface area contributed by atoms with Gasteiger partial charge < -0.3 is 106 Å². The molecule has 11 N–H and O–H groups in total. The van der Waals surface area contributed by atoms with Gasteiger partial charge in [0, 0.05) is 105 Å². The molecule has 6 aromatic rings. The maximum atomic E-state index is 12.1. The first-order chi connectivity index (χ1) is 67.2. The predicted octanol–water partition coefficient (Wildman–Crippen LogP) is 19.0. The minimum Gasteiger partial charge on any atom is -0.444 e. The molecule has 142 heavy (non-hydrogen) atoms. The van der Waals surface area contributed by atoms with E-state index >= 15 is 0 Å². The van der Waals surface area contributed by atoms with E-state index in [1.54, 1.807) is 78.2 Å². The van der Waals surface area contributed by atoms with Crippen molar-refractivity contribution < 1.29 is 81.2 Å². The SMILES string of the molecule is C=C1CCC1.CCCOCC.CCCOCC.CNC(=O)c1cccc(-c2ccc3c(N)nc(Cl)nc3n2)c1.CNC(=O)c1cccc(-c2ccc3c(N)nc(N4CC5(CCC5)OC[C@@H]4C)nc3n2)c1.C[C@@H](CO)NC(=O)OC(C)(C)C.C[C@@H](COC1(CI)CCC1)NC(=O)OC(C)(C)C.C[C@H]1COC2(CCC2)CN1.C[C@H]1COC2(CCC2)CN1.C[C@H]1COC2(CCC2)CN1C(=O)OC(C)(C)C.O=C1CCC1. The monoisotopic (exact) mass is 2110 g/mol. The molecule has 794 valence electrons. The average Bonchev–Trinajstić information content (AvgIpc) is 0.732. The molecule has 4 aromatic heterocycles. The number of alkyl halides is 1. The smallest absolute Gasteiger partial charge is 0.410 e. The summed E-state index contributed by atoms with van der Waals surface area (Å²) < 4.78 is 56.0. The summed E-state index contributed by atoms with van der Waals surface area (Å²) in [6, 6.07) is 23.0. The van der Waals surface area contributed by atoms with Crippen molar-refractivity contribution in [3.05, 3.63) is 101 Å². The number of aliphatic hydroxyl groups is 1. The Labute approximate surface area is 863 Å². The number of aliphatic hydroxyl groups excluding tert-OH is 1. The zero-order chi connectivity index (χ0) is 105. The van der Waals surface area contributed by atoms with Crippen LogP contribution >= 0.6 is 34.2 Å². The second-order valence-electron chi connectivity index (χ2n) is 41.8. The maximum absolute atomic E-state index is 12.1. The Morgan fingerprint density at radius 1 is 0.549 bits per heavy atom. The van der Waals surface area contributed by atoms with Gasteiger partial charge in [0.15, 0.2) is 11.3 Å². The summed E-state index contributed by atoms with van der Waals surface area (Å²) in [5.41, 5.74) is 17.8. The summed E-state index contributed by atoms with van der Waals surface area (Å²) >= 11 is 8.18. The van der Waals surface area contributed by atoms with Crippen LogP contribution in [-0.4, -0.2) is 268 Å². The molecule has 33 nitrogen and oxygen atoms in total. The molecule has 2 aromatic carbocycles. The van der Waals surface area contributed by atoms with Gasteiger partial charge in [0.05, 0.1) is 127 Å². The van der Waals surface area contributed by atoms with Crippen molar-refractivity contribution in [3.63, 3.8) is 0 Å². The van der Waals surface area contributed by atoms with Crippen LogP contribution < -0.4 is 48.3 Å². The predicted molar refractivity (Wildman–Crippen MR) is 572 cm³/mol. The highest BCUT2D eigenvalue weighted by Gasteiger charge is 2.48. The Kier molecular flexibility index (Phi) is 49.4. The summed E-state index contributed by atoms with van der Waals surface area (Å²) in [6.45, 7) is 51.4. The molecule has 0 bridgehead atoms. The van der Waals surface area contributed by atoms with Gasteiger partial charge in [0.25, 0.3) is 11.8 Å². The van der Waals surface area contributed by atoms with Gasteiger partial charge in [-0.1, -0.05) is 72.9 Å². The van der Waals surface area contributed by atoms with E-state index in [4.69, 9.17) is 85.5 Å². The molecule has 4 aliphatic heterocycles. The van der Waals surface area contributed by atoms with Gasteiger partial charge in [-0.3, -0.25) is 14.4 Å². The number of halogens is 2. The van der Waals surface area contributed by atoms with Gasteiger partial charge in [-0.15, -0.1) is 0 Å². The number of ketones is 1. The number of nitrogens with two attached hydrogens (primary N) is 2. The van der Waals surface area contributed by atoms with Crippen LogP contribution in [0.3, 0.4) is 0 Å². The number of carbonyl (C=O) groups is 6. The van der Waals surface area contributed by atoms with Crippen molar-refractivity contribution >= 4 is 110 Å². The number of carbonyl (C=O) groups excluding carboxylic acids is 6. The third kappa shape index (κ3) is 40.4. The van der Waals surface area contributed by atoms with Crippen molar-refractivity contribution in [3.8, 4) is 22.5 Å². The second-order valence-corrected chi connectivity index (χ2v) is 42.9. The van der Waals surface area contributed by atoms with Crippen LogP contribution in [0.5, 0.6) is 0 Å². The number of morpholine rings is 4. The van der Waals surface area contributed by atoms with Crippen molar-refractivity contribution in [2.24, 2.45) is 0 Å². The van der Waals surface area contributed by atoms with Crippen LogP contribution in [0.15, 0.2) is 84.9 Å². The molecule has 6 atom stereocenters. The van der Waals surface area contributed by atoms with Gasteiger partial charge in [0.2, 0.25) is 11.2 Å². The number of hydrogen-bond acceptors (Lipinski definition) is 28. The maximum Gasteiger partial charge on any atom is 0.410 e. The van der Waals surface area contributed by atoms with Gasteiger partial charge in [-0.2, -0.15) is 15.0 Å². The second kappa shape index (κ2) is 58.2. The molecule has 8 heterocycles. The van der Waals surface area contributed by atoms with E-state index in [0.29, 0.717) is 94.9 Å². The number of nitrogens with zero attached hydrogens (tertiary/aromatic N) is 8. The number of alkyl carbamates (subject to hydrolysis) is 2. The van der Waals surface area contributed by atoms with Crippen LogP contribution in [-0.2, 0) is 52.2 Å². The van der Waals surface area contributed by atoms with Crippen LogP contribution in [0.1, 0.15) is 300 Å². The number of aromatic nitrogens is 6. The largest absolute Gasteiger partial charge is 0.444 e. The van der Waals surface area contributed by atoms with Gasteiger partial charge >= 0.3 is 18.3 Å². The Balaban J connectivity index is 0.000000222. The molecule has 4 saturated heterocycles. The summed E-state index contributed by atoms with van der Waals surface area (Å²) in [6.07, 6.45) is 26.0. The van der Waals surface area contributed by atoms with Crippen molar-refractivity contribution in [1.29, 1.82) is 0 Å². The first kappa shape index (κ1) is 121. The van der Waals surface area contributed by atoms with Crippen LogP contribution in [0, 0.1) is 0 Å². The molecule has 5 amide bonds. The fourth-order valence-corrected chi connectivity index (χ4v) is 16.9. The van der Waals surface area contributed by atoms with E-state index in [-0.39, 0.29) is 93.9 Å². The lowest BCUT2D eigenvalue weighted by Gasteiger charge is -2.50. The summed E-state index contributed by atoms with van der Waals surface area (Å²) in [7, 11) is 3.20. The number of pyridine rings is 2. The van der Waals surface area contributed by atoms with E-state index in [0.717, 1.165) is 151 Å². The van der Waals surface area contributed by atoms with Crippen LogP contribution in [0.2, 0.25) is 5.28 Å². The lowest BCUT2D eigenvalue weighted by atomic mass is 9.78. The minimum absolute atomic E-state index is 0.0275. The number of nitrogen functional groups attached to an aromatic ring is 2. The van der Waals surface area contributed by atoms with Crippen molar-refractivity contribution in [1.82, 2.24) is 66.7 Å². The molecule has 17 rings (SSSR count). The number of rotatable bonds is 18. The third-order valence-electron chi connectivity index (χ3n) is 25.5. The van der Waals surface area contributed by atoms with E-state index in [1.807, 2.05) is 111 Å². The molecule has 4 spiro atoms. The Morgan fingerprint density at radius 3 is 1.30 bits per heavy atom. The third-order valence-corrected chi connectivity index (χ3v) is 27.0. The highest BCUT2D eigenvalue weighted by molar-refractivity contribution is 14.1. The number of anilines is 3. The van der Waals surface area contributed by atoms with E-state index in [1.165, 1.54) is 82.6 Å². The number of Topliss-reactive ketones (excluding diaryl/α,β-unsaturated/α-hetero) is 1. The number of fused-ring (bicyclic) bond motifs is 2. The Bertz CT molecular complexity index is 4820. The average molecular weight is 2110 g/mol. The molecule has 0 unspecified atom stereocenters. The first-order valence-electron chi connectivity index (χ1n) is 51.3. The van der Waals surface area contributed by atoms with E-state index in [9.17, 15) is 28.8 Å². The van der Waals surface area contributed by atoms with E-state index in [2.05, 4.69) is 121 Å². The van der Waals surface area contributed by atoms with Crippen LogP contribution in [0.4, 0.5) is 32.0 Å². The molecule has 7 saturated carbocycles. The van der Waals surface area contributed by atoms with Crippen molar-refractivity contribution in [2.75, 3.05) is 127 Å². The quantitative estimate of drug-likeness (QED) is 0.00963. The van der Waals surface area contributed by atoms with Gasteiger partial charge in [0.1, 0.15) is 34.2 Å². The summed E-state index contributed by atoms with van der Waals surface area (Å²) in [4.78, 5) is 98.8. The molecule has 7 aliphatic carbocycles. The van der Waals surface area contributed by atoms with Crippen LogP contribution in [0.25, 0.3) is 44.6 Å². The zero-order valence-corrected chi connectivity index (χ0v) is 91.9. The molecule has 35 heteroatoms. The Hall–Kier alpha value is -8.40. The standard InChI is InChI=1S/C23H26N6O2.C15H12ClN5O.C13H24INO3.C13H23NO3.C8H17NO3.2C8H15NO.2C5H12O.C5H8.C4H6O/c1-14-12-31-23(9-4-10-23)13-29(14)22-27-19(24)17-7-8-18(26-20(17)28-22)15-5-3-6-16(11-15)21(30)25-2;1-18-14(22)9-4-2-3-8(7-9)11-6-5-10-12(17)20-15(16)21-13(10)19-11;1-10(15-11(16)18-12(2,3)4)8-17-13(9-14)6-5-7-13;1-10-8-16-13(6-5-7-13)9-14(10)11(15)17-12(2,3)4;1-6(5-10)9-7(11)12-8(2,3)4;2*1-7-5-10-8(6-9-7)3-2-4-8;2*1-3-5-6-4-2;1-5-3-2-4-5;5-4-2-1-3-4/h3,5-8,11,14H,4,9-10,12-13H2,1-2H3,(H,25,30)(H2,24,26,27,28);2-7H,1H3,(H,18,22)(H2,17,19,20,21);10H,5-9H2,1-4H3,(H,15,16);10H,5-9H2,1-4H3;6,10H,5H2,1-4H3,(H,9,11);2*7,9H,2-6H2,1H3;2*3-5H2,1-2H3;1-4H2;1-3H2/t14-;;2*10-;6-;2*7-;;;;/m0.00000..../s1. The fourth-order valence-electron chi connectivity index (χ4n) is 15.7. The molecular weight excluding hydrogens is 1940 g/mol. The fraction of sp³-hybridized carbons (Fsp3) is 0.682. The molecule has 11 aliphatic rings. The van der Waals surface area contributed by atoms with Crippen molar-refractivity contribution in [2.45, 2.75) is 360 Å². The number of allylic oxidation sites excluding steroid dienone is 1. The van der Waals surface area contributed by atoms with Gasteiger partial charge in [-0.05, 0) is 313 Å². The lowest BCUT2D eigenvalue weighted by molar-refractivity contribution is -0.164. The minimum atomic E-state index is -0.496. The lowest BCUT2D eigenvalue weighted by Crippen LogP contribution is -2.60. The number of hydrogen-bond donors (Lipinski definition) is 9. The zero-order valence-electron chi connectivity index (χ0n) is 88.9. The summed E-state index contributed by atoms with van der Waals surface area (Å²) in [5.74, 6) is 1.44. The highest BCUT2D eigenvalue weighted by atomic mass is 127. The number of ether oxygens (including phenoxy) is 10. The topological polar surface area (TPSA) is 423 Å². The number of nitrogens with one attached hydrogen (secondary N) is 6. The molecular formula is C107H170ClIN16O17. The molecule has 11 fully saturated rings. The number of benzene rings is 2. The Morgan fingerprint density at radius 2 is 0.958 bits per heavy atom. The van der Waals surface area contributed by atoms with Gasteiger partial charge in [-0.25, -0.2) is 29.3 Å². The first-order valence-corrected chi connectivity index (χ1v) is 53.2. The normalized spacial score (nSPS) is 20.6. The number of amides is 5. The highest BCUT2D eigenvalue weighted by Crippen LogP contribution is 2.44. The van der Waals surface area contributed by atoms with E-state index < -0.39 is 22.9 Å². The molecule has 0 radical (unpaired) electrons.